The Morgan fingerprint density at radius 1 is 1.11 bits per heavy atom. The number of pyridine rings is 1. The van der Waals surface area contributed by atoms with Crippen LogP contribution in [0.15, 0.2) is 36.5 Å². The Kier molecular flexibility index (Phi) is 4.33. The maximum atomic E-state index is 4.57. The van der Waals surface area contributed by atoms with Gasteiger partial charge in [0.05, 0.1) is 11.7 Å². The van der Waals surface area contributed by atoms with Gasteiger partial charge >= 0.3 is 0 Å². The van der Waals surface area contributed by atoms with E-state index in [-0.39, 0.29) is 6.04 Å². The van der Waals surface area contributed by atoms with Gasteiger partial charge in [-0.15, -0.1) is 0 Å². The molecule has 0 aliphatic rings. The third-order valence-corrected chi connectivity index (χ3v) is 3.47. The lowest BCUT2D eigenvalue weighted by atomic mass is 9.95. The van der Waals surface area contributed by atoms with Crippen LogP contribution >= 0.6 is 0 Å². The fourth-order valence-electron chi connectivity index (χ4n) is 2.51. The lowest BCUT2D eigenvalue weighted by Gasteiger charge is -2.21. The van der Waals surface area contributed by atoms with Crippen molar-refractivity contribution in [2.45, 2.75) is 33.7 Å². The van der Waals surface area contributed by atoms with E-state index in [0.717, 1.165) is 12.2 Å². The Morgan fingerprint density at radius 2 is 1.89 bits per heavy atom. The number of aromatic nitrogens is 1. The van der Waals surface area contributed by atoms with Gasteiger partial charge in [-0.05, 0) is 50.1 Å². The molecule has 2 heteroatoms. The second-order valence-corrected chi connectivity index (χ2v) is 5.06. The SMILES string of the molecule is CCNC(c1ccc(C)cc1C)c1ncccc1C. The minimum atomic E-state index is 0.173. The average Bonchev–Trinajstić information content (AvgIpc) is 2.38. The van der Waals surface area contributed by atoms with Gasteiger partial charge in [0.15, 0.2) is 0 Å². The molecule has 0 bridgehead atoms. The standard InChI is InChI=1S/C17H22N2/c1-5-18-17(16-13(3)7-6-10-19-16)15-9-8-12(2)11-14(15)4/h6-11,17-18H,5H2,1-4H3. The molecule has 0 spiro atoms. The van der Waals surface area contributed by atoms with Crippen LogP contribution in [0.1, 0.15) is 40.9 Å². The lowest BCUT2D eigenvalue weighted by molar-refractivity contribution is 0.609. The van der Waals surface area contributed by atoms with Crippen molar-refractivity contribution in [3.05, 3.63) is 64.5 Å². The highest BCUT2D eigenvalue weighted by atomic mass is 14.9. The highest BCUT2D eigenvalue weighted by Gasteiger charge is 2.18. The minimum absolute atomic E-state index is 0.173. The third-order valence-electron chi connectivity index (χ3n) is 3.47. The third kappa shape index (κ3) is 3.02. The van der Waals surface area contributed by atoms with Crippen LogP contribution in [0.4, 0.5) is 0 Å². The summed E-state index contributed by atoms with van der Waals surface area (Å²) in [4.78, 5) is 4.57. The van der Waals surface area contributed by atoms with Crippen molar-refractivity contribution in [3.8, 4) is 0 Å². The summed E-state index contributed by atoms with van der Waals surface area (Å²) in [5.74, 6) is 0. The van der Waals surface area contributed by atoms with E-state index in [4.69, 9.17) is 0 Å². The van der Waals surface area contributed by atoms with Crippen LogP contribution in [-0.4, -0.2) is 11.5 Å². The normalized spacial score (nSPS) is 12.4. The van der Waals surface area contributed by atoms with E-state index in [0.29, 0.717) is 0 Å². The summed E-state index contributed by atoms with van der Waals surface area (Å²) in [6.07, 6.45) is 1.87. The molecule has 0 aliphatic heterocycles. The van der Waals surface area contributed by atoms with Crippen molar-refractivity contribution in [2.75, 3.05) is 6.54 Å². The zero-order valence-electron chi connectivity index (χ0n) is 12.2. The Morgan fingerprint density at radius 3 is 2.53 bits per heavy atom. The Hall–Kier alpha value is -1.67. The van der Waals surface area contributed by atoms with E-state index in [9.17, 15) is 0 Å². The number of rotatable bonds is 4. The minimum Gasteiger partial charge on any atom is -0.305 e. The maximum Gasteiger partial charge on any atom is 0.0756 e. The molecule has 2 nitrogen and oxygen atoms in total. The number of hydrogen-bond donors (Lipinski definition) is 1. The van der Waals surface area contributed by atoms with Crippen LogP contribution in [-0.2, 0) is 0 Å². The van der Waals surface area contributed by atoms with Crippen LogP contribution in [0.3, 0.4) is 0 Å². The van der Waals surface area contributed by atoms with E-state index < -0.39 is 0 Å². The first-order chi connectivity index (χ1) is 9.13. The monoisotopic (exact) mass is 254 g/mol. The molecule has 1 N–H and O–H groups in total. The average molecular weight is 254 g/mol. The highest BCUT2D eigenvalue weighted by Crippen LogP contribution is 2.26. The van der Waals surface area contributed by atoms with Gasteiger partial charge < -0.3 is 5.32 Å². The molecule has 0 saturated heterocycles. The molecule has 1 aromatic heterocycles. The summed E-state index contributed by atoms with van der Waals surface area (Å²) < 4.78 is 0. The molecule has 100 valence electrons. The topological polar surface area (TPSA) is 24.9 Å². The molecular formula is C17H22N2. The second kappa shape index (κ2) is 5.98. The van der Waals surface area contributed by atoms with Crippen molar-refractivity contribution in [1.82, 2.24) is 10.3 Å². The Labute approximate surface area is 115 Å². The number of nitrogens with zero attached hydrogens (tertiary/aromatic N) is 1. The van der Waals surface area contributed by atoms with Gasteiger partial charge in [-0.3, -0.25) is 4.98 Å². The van der Waals surface area contributed by atoms with Gasteiger partial charge in [-0.1, -0.05) is 36.8 Å². The van der Waals surface area contributed by atoms with Crippen LogP contribution in [0.25, 0.3) is 0 Å². The molecule has 19 heavy (non-hydrogen) atoms. The van der Waals surface area contributed by atoms with Gasteiger partial charge in [0.1, 0.15) is 0 Å². The van der Waals surface area contributed by atoms with Gasteiger partial charge in [-0.25, -0.2) is 0 Å². The smallest absolute Gasteiger partial charge is 0.0756 e. The predicted octanol–water partition coefficient (Wildman–Crippen LogP) is 3.71. The van der Waals surface area contributed by atoms with E-state index >= 15 is 0 Å². The maximum absolute atomic E-state index is 4.57. The Balaban J connectivity index is 2.48. The second-order valence-electron chi connectivity index (χ2n) is 5.06. The summed E-state index contributed by atoms with van der Waals surface area (Å²) in [6.45, 7) is 9.48. The molecule has 0 radical (unpaired) electrons. The lowest BCUT2D eigenvalue weighted by Crippen LogP contribution is -2.24. The Bertz CT molecular complexity index is 561. The molecular weight excluding hydrogens is 232 g/mol. The summed E-state index contributed by atoms with van der Waals surface area (Å²) in [5, 5.41) is 3.55. The van der Waals surface area contributed by atoms with Crippen molar-refractivity contribution in [1.29, 1.82) is 0 Å². The van der Waals surface area contributed by atoms with Gasteiger partial charge in [-0.2, -0.15) is 0 Å². The summed E-state index contributed by atoms with van der Waals surface area (Å²) in [7, 11) is 0. The van der Waals surface area contributed by atoms with Crippen LogP contribution in [0, 0.1) is 20.8 Å². The summed E-state index contributed by atoms with van der Waals surface area (Å²) in [5.41, 5.74) is 6.28. The van der Waals surface area contributed by atoms with Crippen molar-refractivity contribution in [3.63, 3.8) is 0 Å². The first-order valence-electron chi connectivity index (χ1n) is 6.85. The number of hydrogen-bond acceptors (Lipinski definition) is 2. The molecule has 1 unspecified atom stereocenters. The zero-order valence-corrected chi connectivity index (χ0v) is 12.2. The highest BCUT2D eigenvalue weighted by molar-refractivity contribution is 5.38. The number of aryl methyl sites for hydroxylation is 3. The zero-order chi connectivity index (χ0) is 13.8. The fraction of sp³-hybridized carbons (Fsp3) is 0.353. The van der Waals surface area contributed by atoms with Crippen LogP contribution < -0.4 is 5.32 Å². The molecule has 2 rings (SSSR count). The van der Waals surface area contributed by atoms with Crippen LogP contribution in [0.5, 0.6) is 0 Å². The van der Waals surface area contributed by atoms with E-state index in [1.165, 1.54) is 22.3 Å². The van der Waals surface area contributed by atoms with E-state index in [1.807, 2.05) is 12.3 Å². The molecule has 0 amide bonds. The molecule has 1 atom stereocenters. The molecule has 1 aromatic carbocycles. The van der Waals surface area contributed by atoms with Crippen molar-refractivity contribution in [2.24, 2.45) is 0 Å². The van der Waals surface area contributed by atoms with E-state index in [2.05, 4.69) is 62.3 Å². The fourth-order valence-corrected chi connectivity index (χ4v) is 2.51. The largest absolute Gasteiger partial charge is 0.305 e. The predicted molar refractivity (Wildman–Crippen MR) is 80.4 cm³/mol. The molecule has 1 heterocycles. The number of nitrogens with one attached hydrogen (secondary N) is 1. The van der Waals surface area contributed by atoms with Crippen LogP contribution in [0.2, 0.25) is 0 Å². The first kappa shape index (κ1) is 13.8. The molecule has 0 fully saturated rings. The quantitative estimate of drug-likeness (QED) is 0.899. The van der Waals surface area contributed by atoms with Gasteiger partial charge in [0, 0.05) is 6.20 Å². The first-order valence-corrected chi connectivity index (χ1v) is 6.85. The number of benzene rings is 1. The summed E-state index contributed by atoms with van der Waals surface area (Å²) in [6, 6.07) is 10.9. The van der Waals surface area contributed by atoms with E-state index in [1.54, 1.807) is 0 Å². The van der Waals surface area contributed by atoms with Gasteiger partial charge in [0.2, 0.25) is 0 Å². The molecule has 0 aliphatic carbocycles. The summed E-state index contributed by atoms with van der Waals surface area (Å²) >= 11 is 0. The van der Waals surface area contributed by atoms with Crippen molar-refractivity contribution >= 4 is 0 Å². The van der Waals surface area contributed by atoms with Gasteiger partial charge in [0.25, 0.3) is 0 Å². The van der Waals surface area contributed by atoms with Crippen molar-refractivity contribution < 1.29 is 0 Å². The molecule has 0 saturated carbocycles. The molecule has 2 aromatic rings.